The SMILES string of the molecule is O=C(Nc1cccnc1)C1CC(O)CN1. The molecule has 1 aromatic heterocycles. The summed E-state index contributed by atoms with van der Waals surface area (Å²) < 4.78 is 0. The number of hydrogen-bond acceptors (Lipinski definition) is 4. The number of β-amino-alcohol motifs (C(OH)–C–C–N with tert-alkyl or cyclic N) is 1. The van der Waals surface area contributed by atoms with Gasteiger partial charge >= 0.3 is 0 Å². The largest absolute Gasteiger partial charge is 0.392 e. The van der Waals surface area contributed by atoms with Crippen molar-refractivity contribution in [2.45, 2.75) is 18.6 Å². The Morgan fingerprint density at radius 3 is 3.13 bits per heavy atom. The lowest BCUT2D eigenvalue weighted by atomic mass is 10.2. The number of aromatic nitrogens is 1. The number of anilines is 1. The summed E-state index contributed by atoms with van der Waals surface area (Å²) >= 11 is 0. The smallest absolute Gasteiger partial charge is 0.241 e. The van der Waals surface area contributed by atoms with E-state index < -0.39 is 6.10 Å². The molecule has 0 aliphatic carbocycles. The van der Waals surface area contributed by atoms with E-state index >= 15 is 0 Å². The highest BCUT2D eigenvalue weighted by atomic mass is 16.3. The van der Waals surface area contributed by atoms with Crippen LogP contribution in [-0.4, -0.2) is 34.7 Å². The van der Waals surface area contributed by atoms with Crippen molar-refractivity contribution in [2.75, 3.05) is 11.9 Å². The second kappa shape index (κ2) is 4.37. The Balaban J connectivity index is 1.93. The third kappa shape index (κ3) is 2.51. The third-order valence-electron chi connectivity index (χ3n) is 2.35. The second-order valence-electron chi connectivity index (χ2n) is 3.58. The van der Waals surface area contributed by atoms with Gasteiger partial charge in [0.25, 0.3) is 0 Å². The van der Waals surface area contributed by atoms with Crippen LogP contribution in [0.2, 0.25) is 0 Å². The van der Waals surface area contributed by atoms with Crippen molar-refractivity contribution in [1.29, 1.82) is 0 Å². The van der Waals surface area contributed by atoms with Gasteiger partial charge in [0.15, 0.2) is 0 Å². The normalized spacial score (nSPS) is 25.1. The number of carbonyl (C=O) groups excluding carboxylic acids is 1. The average molecular weight is 207 g/mol. The lowest BCUT2D eigenvalue weighted by Gasteiger charge is -2.10. The first kappa shape index (κ1) is 10.1. The summed E-state index contributed by atoms with van der Waals surface area (Å²) in [6, 6.07) is 3.23. The minimum atomic E-state index is -0.422. The molecule has 3 N–H and O–H groups in total. The molecule has 5 heteroatoms. The molecule has 80 valence electrons. The molecule has 15 heavy (non-hydrogen) atoms. The van der Waals surface area contributed by atoms with Crippen molar-refractivity contribution in [3.8, 4) is 0 Å². The van der Waals surface area contributed by atoms with E-state index in [1.54, 1.807) is 24.5 Å². The number of aliphatic hydroxyl groups is 1. The zero-order valence-corrected chi connectivity index (χ0v) is 8.18. The highest BCUT2D eigenvalue weighted by Crippen LogP contribution is 2.09. The molecule has 0 saturated carbocycles. The minimum Gasteiger partial charge on any atom is -0.392 e. The summed E-state index contributed by atoms with van der Waals surface area (Å²) in [6.45, 7) is 0.477. The number of aliphatic hydroxyl groups excluding tert-OH is 1. The molecule has 1 aliphatic heterocycles. The Labute approximate surface area is 87.5 Å². The molecule has 1 fully saturated rings. The Hall–Kier alpha value is -1.46. The molecule has 0 radical (unpaired) electrons. The van der Waals surface area contributed by atoms with Crippen molar-refractivity contribution < 1.29 is 9.90 Å². The molecule has 0 spiro atoms. The van der Waals surface area contributed by atoms with Gasteiger partial charge in [-0.15, -0.1) is 0 Å². The lowest BCUT2D eigenvalue weighted by molar-refractivity contribution is -0.117. The predicted octanol–water partition coefficient (Wildman–Crippen LogP) is -0.257. The summed E-state index contributed by atoms with van der Waals surface area (Å²) in [5, 5.41) is 14.9. The standard InChI is InChI=1S/C10H13N3O2/c14-8-4-9(12-6-8)10(15)13-7-2-1-3-11-5-7/h1-3,5,8-9,12,14H,4,6H2,(H,13,15). The van der Waals surface area contributed by atoms with Gasteiger partial charge < -0.3 is 15.7 Å². The fraction of sp³-hybridized carbons (Fsp3) is 0.400. The third-order valence-corrected chi connectivity index (χ3v) is 2.35. The van der Waals surface area contributed by atoms with E-state index in [-0.39, 0.29) is 11.9 Å². The molecule has 2 atom stereocenters. The van der Waals surface area contributed by atoms with E-state index in [9.17, 15) is 9.90 Å². The summed E-state index contributed by atoms with van der Waals surface area (Å²) in [5.74, 6) is -0.125. The molecule has 1 aromatic rings. The number of carbonyl (C=O) groups is 1. The van der Waals surface area contributed by atoms with Gasteiger partial charge in [-0.05, 0) is 18.6 Å². The van der Waals surface area contributed by atoms with Crippen LogP contribution in [-0.2, 0) is 4.79 Å². The number of amides is 1. The first-order chi connectivity index (χ1) is 7.25. The van der Waals surface area contributed by atoms with Crippen LogP contribution in [0.4, 0.5) is 5.69 Å². The molecule has 2 heterocycles. The van der Waals surface area contributed by atoms with E-state index in [0.717, 1.165) is 0 Å². The van der Waals surface area contributed by atoms with Gasteiger partial charge in [-0.25, -0.2) is 0 Å². The molecular formula is C10H13N3O2. The zero-order chi connectivity index (χ0) is 10.7. The van der Waals surface area contributed by atoms with Crippen molar-refractivity contribution in [3.63, 3.8) is 0 Å². The number of nitrogens with zero attached hydrogens (tertiary/aromatic N) is 1. The fourth-order valence-electron chi connectivity index (χ4n) is 1.58. The van der Waals surface area contributed by atoms with Gasteiger partial charge in [-0.2, -0.15) is 0 Å². The number of hydrogen-bond donors (Lipinski definition) is 3. The lowest BCUT2D eigenvalue weighted by Crippen LogP contribution is -2.35. The number of nitrogens with one attached hydrogen (secondary N) is 2. The first-order valence-corrected chi connectivity index (χ1v) is 4.88. The van der Waals surface area contributed by atoms with Crippen LogP contribution in [0.3, 0.4) is 0 Å². The Bertz CT molecular complexity index is 342. The van der Waals surface area contributed by atoms with Crippen LogP contribution >= 0.6 is 0 Å². The molecule has 1 aliphatic rings. The maximum absolute atomic E-state index is 11.6. The summed E-state index contributed by atoms with van der Waals surface area (Å²) in [4.78, 5) is 15.5. The highest BCUT2D eigenvalue weighted by Gasteiger charge is 2.27. The molecule has 1 saturated heterocycles. The fourth-order valence-corrected chi connectivity index (χ4v) is 1.58. The Morgan fingerprint density at radius 2 is 2.53 bits per heavy atom. The van der Waals surface area contributed by atoms with Crippen LogP contribution in [0, 0.1) is 0 Å². The predicted molar refractivity (Wildman–Crippen MR) is 55.3 cm³/mol. The molecule has 2 rings (SSSR count). The minimum absolute atomic E-state index is 0.125. The van der Waals surface area contributed by atoms with Crippen LogP contribution < -0.4 is 10.6 Å². The second-order valence-corrected chi connectivity index (χ2v) is 3.58. The maximum atomic E-state index is 11.6. The van der Waals surface area contributed by atoms with E-state index in [1.807, 2.05) is 0 Å². The van der Waals surface area contributed by atoms with Crippen molar-refractivity contribution in [1.82, 2.24) is 10.3 Å². The van der Waals surface area contributed by atoms with Crippen molar-refractivity contribution in [2.24, 2.45) is 0 Å². The first-order valence-electron chi connectivity index (χ1n) is 4.88. The van der Waals surface area contributed by atoms with Crippen molar-refractivity contribution >= 4 is 11.6 Å². The van der Waals surface area contributed by atoms with Crippen LogP contribution in [0.1, 0.15) is 6.42 Å². The zero-order valence-electron chi connectivity index (χ0n) is 8.18. The molecule has 0 bridgehead atoms. The van der Waals surface area contributed by atoms with Gasteiger partial charge in [0.05, 0.1) is 24.0 Å². The summed E-state index contributed by atoms with van der Waals surface area (Å²) in [6.07, 6.45) is 3.28. The van der Waals surface area contributed by atoms with E-state index in [2.05, 4.69) is 15.6 Å². The van der Waals surface area contributed by atoms with Gasteiger partial charge in [0, 0.05) is 12.7 Å². The van der Waals surface area contributed by atoms with Crippen LogP contribution in [0.25, 0.3) is 0 Å². The molecule has 1 amide bonds. The van der Waals surface area contributed by atoms with Crippen molar-refractivity contribution in [3.05, 3.63) is 24.5 Å². The van der Waals surface area contributed by atoms with E-state index in [0.29, 0.717) is 18.7 Å². The van der Waals surface area contributed by atoms with Gasteiger partial charge in [-0.1, -0.05) is 0 Å². The Kier molecular flexibility index (Phi) is 2.94. The average Bonchev–Trinajstić information content (AvgIpc) is 2.66. The summed E-state index contributed by atoms with van der Waals surface area (Å²) in [5.41, 5.74) is 0.672. The Morgan fingerprint density at radius 1 is 1.67 bits per heavy atom. The summed E-state index contributed by atoms with van der Waals surface area (Å²) in [7, 11) is 0. The van der Waals surface area contributed by atoms with Crippen LogP contribution in [0.5, 0.6) is 0 Å². The maximum Gasteiger partial charge on any atom is 0.241 e. The van der Waals surface area contributed by atoms with E-state index in [1.165, 1.54) is 0 Å². The molecular weight excluding hydrogens is 194 g/mol. The topological polar surface area (TPSA) is 74.2 Å². The van der Waals surface area contributed by atoms with Gasteiger partial charge in [-0.3, -0.25) is 9.78 Å². The van der Waals surface area contributed by atoms with Gasteiger partial charge in [0.1, 0.15) is 0 Å². The quantitative estimate of drug-likeness (QED) is 0.625. The molecule has 5 nitrogen and oxygen atoms in total. The van der Waals surface area contributed by atoms with Gasteiger partial charge in [0.2, 0.25) is 5.91 Å². The highest BCUT2D eigenvalue weighted by molar-refractivity contribution is 5.94. The monoisotopic (exact) mass is 207 g/mol. The molecule has 0 aromatic carbocycles. The number of rotatable bonds is 2. The van der Waals surface area contributed by atoms with Crippen LogP contribution in [0.15, 0.2) is 24.5 Å². The number of pyridine rings is 1. The molecule has 2 unspecified atom stereocenters. The van der Waals surface area contributed by atoms with E-state index in [4.69, 9.17) is 0 Å².